The first kappa shape index (κ1) is 19.5. The average Bonchev–Trinajstić information content (AvgIpc) is 3.27. The fraction of sp³-hybridized carbons (Fsp3) is 0.182. The van der Waals surface area contributed by atoms with Gasteiger partial charge in [-0.1, -0.05) is 60.1 Å². The van der Waals surface area contributed by atoms with Crippen LogP contribution in [0.5, 0.6) is 0 Å². The second kappa shape index (κ2) is 8.27. The van der Waals surface area contributed by atoms with Gasteiger partial charge in [0.25, 0.3) is 0 Å². The SMILES string of the molecule is O=C(N[C@@H](Cc1ccc(Cl)s1)C(=O)O)OCC1c2ccccc2-c2ccccc21. The van der Waals surface area contributed by atoms with E-state index < -0.39 is 18.1 Å². The van der Waals surface area contributed by atoms with Crippen molar-refractivity contribution in [2.75, 3.05) is 6.61 Å². The molecule has 5 nitrogen and oxygen atoms in total. The number of fused-ring (bicyclic) bond motifs is 3. The molecule has 29 heavy (non-hydrogen) atoms. The van der Waals surface area contributed by atoms with E-state index in [0.717, 1.165) is 27.1 Å². The third kappa shape index (κ3) is 4.13. The molecule has 3 aromatic rings. The van der Waals surface area contributed by atoms with Crippen LogP contribution < -0.4 is 5.32 Å². The Balaban J connectivity index is 1.43. The van der Waals surface area contributed by atoms with Crippen molar-refractivity contribution in [1.82, 2.24) is 5.32 Å². The monoisotopic (exact) mass is 427 g/mol. The van der Waals surface area contributed by atoms with Crippen LogP contribution in [0.15, 0.2) is 60.7 Å². The van der Waals surface area contributed by atoms with Gasteiger partial charge in [-0.2, -0.15) is 0 Å². The summed E-state index contributed by atoms with van der Waals surface area (Å²) in [6, 6.07) is 18.4. The minimum Gasteiger partial charge on any atom is -0.480 e. The summed E-state index contributed by atoms with van der Waals surface area (Å²) in [4.78, 5) is 24.6. The number of rotatable bonds is 6. The van der Waals surface area contributed by atoms with Crippen LogP contribution in [-0.2, 0) is 16.0 Å². The molecule has 1 atom stereocenters. The number of alkyl carbamates (subject to hydrolysis) is 1. The lowest BCUT2D eigenvalue weighted by molar-refractivity contribution is -0.139. The molecule has 0 unspecified atom stereocenters. The van der Waals surface area contributed by atoms with Crippen molar-refractivity contribution >= 4 is 35.0 Å². The maximum absolute atomic E-state index is 12.3. The van der Waals surface area contributed by atoms with Gasteiger partial charge in [0.2, 0.25) is 0 Å². The Bertz CT molecular complexity index is 1020. The fourth-order valence-corrected chi connectivity index (χ4v) is 4.78. The van der Waals surface area contributed by atoms with E-state index >= 15 is 0 Å². The molecule has 7 heteroatoms. The zero-order chi connectivity index (χ0) is 20.4. The van der Waals surface area contributed by atoms with Crippen LogP contribution in [0.3, 0.4) is 0 Å². The van der Waals surface area contributed by atoms with Crippen molar-refractivity contribution in [3.8, 4) is 11.1 Å². The van der Waals surface area contributed by atoms with Crippen molar-refractivity contribution < 1.29 is 19.4 Å². The Kier molecular flexibility index (Phi) is 5.56. The van der Waals surface area contributed by atoms with Crippen molar-refractivity contribution in [2.45, 2.75) is 18.4 Å². The number of amides is 1. The summed E-state index contributed by atoms with van der Waals surface area (Å²) in [7, 11) is 0. The number of carbonyl (C=O) groups is 2. The summed E-state index contributed by atoms with van der Waals surface area (Å²) in [5.74, 6) is -1.20. The molecular weight excluding hydrogens is 410 g/mol. The van der Waals surface area contributed by atoms with Crippen molar-refractivity contribution in [3.63, 3.8) is 0 Å². The van der Waals surface area contributed by atoms with E-state index in [9.17, 15) is 14.7 Å². The third-order valence-electron chi connectivity index (χ3n) is 4.97. The highest BCUT2D eigenvalue weighted by molar-refractivity contribution is 7.16. The van der Waals surface area contributed by atoms with E-state index in [1.54, 1.807) is 12.1 Å². The van der Waals surface area contributed by atoms with E-state index in [1.165, 1.54) is 11.3 Å². The molecule has 0 saturated carbocycles. The van der Waals surface area contributed by atoms with Crippen LogP contribution in [0.1, 0.15) is 21.9 Å². The Morgan fingerprint density at radius 1 is 1.03 bits per heavy atom. The van der Waals surface area contributed by atoms with Crippen LogP contribution in [0.25, 0.3) is 11.1 Å². The Morgan fingerprint density at radius 2 is 1.66 bits per heavy atom. The maximum atomic E-state index is 12.3. The van der Waals surface area contributed by atoms with Crippen LogP contribution >= 0.6 is 22.9 Å². The minimum absolute atomic E-state index is 0.0764. The van der Waals surface area contributed by atoms with Crippen molar-refractivity contribution in [3.05, 3.63) is 81.0 Å². The van der Waals surface area contributed by atoms with E-state index in [-0.39, 0.29) is 18.9 Å². The molecule has 1 aliphatic carbocycles. The normalized spacial score (nSPS) is 13.4. The zero-order valence-electron chi connectivity index (χ0n) is 15.3. The molecule has 0 bridgehead atoms. The van der Waals surface area contributed by atoms with Crippen molar-refractivity contribution in [1.29, 1.82) is 0 Å². The number of carboxylic acids is 1. The first-order chi connectivity index (χ1) is 14.0. The first-order valence-electron chi connectivity index (χ1n) is 9.11. The first-order valence-corrected chi connectivity index (χ1v) is 10.3. The number of hydrogen-bond donors (Lipinski definition) is 2. The number of aliphatic carboxylic acids is 1. The predicted molar refractivity (Wildman–Crippen MR) is 113 cm³/mol. The van der Waals surface area contributed by atoms with Gasteiger partial charge in [-0.3, -0.25) is 0 Å². The summed E-state index contributed by atoms with van der Waals surface area (Å²) in [5, 5.41) is 11.9. The molecule has 0 radical (unpaired) electrons. The number of benzene rings is 2. The summed E-state index contributed by atoms with van der Waals surface area (Å²) < 4.78 is 6.00. The lowest BCUT2D eigenvalue weighted by Gasteiger charge is -2.17. The van der Waals surface area contributed by atoms with Crippen molar-refractivity contribution in [2.24, 2.45) is 0 Å². The van der Waals surface area contributed by atoms with Gasteiger partial charge in [-0.05, 0) is 34.4 Å². The highest BCUT2D eigenvalue weighted by atomic mass is 35.5. The quantitative estimate of drug-likeness (QED) is 0.584. The number of thiophene rings is 1. The molecule has 0 fully saturated rings. The number of halogens is 1. The summed E-state index contributed by atoms with van der Waals surface area (Å²) in [6.45, 7) is 0.136. The second-order valence-corrected chi connectivity index (χ2v) is 8.57. The smallest absolute Gasteiger partial charge is 0.407 e. The van der Waals surface area contributed by atoms with Crippen LogP contribution in [0.2, 0.25) is 4.34 Å². The third-order valence-corrected chi connectivity index (χ3v) is 6.22. The topological polar surface area (TPSA) is 75.6 Å². The molecular formula is C22H18ClNO4S. The van der Waals surface area contributed by atoms with Gasteiger partial charge in [0.05, 0.1) is 4.34 Å². The predicted octanol–water partition coefficient (Wildman–Crippen LogP) is 4.94. The van der Waals surface area contributed by atoms with Gasteiger partial charge >= 0.3 is 12.1 Å². The molecule has 4 rings (SSSR count). The van der Waals surface area contributed by atoms with Gasteiger partial charge in [0, 0.05) is 17.2 Å². The van der Waals surface area contributed by atoms with Crippen LogP contribution in [0.4, 0.5) is 4.79 Å². The maximum Gasteiger partial charge on any atom is 0.407 e. The van der Waals surface area contributed by atoms with Gasteiger partial charge in [-0.15, -0.1) is 11.3 Å². The molecule has 2 aromatic carbocycles. The largest absolute Gasteiger partial charge is 0.480 e. The molecule has 148 valence electrons. The molecule has 1 aromatic heterocycles. The van der Waals surface area contributed by atoms with E-state index in [2.05, 4.69) is 17.4 Å². The second-order valence-electron chi connectivity index (χ2n) is 6.77. The molecule has 2 N–H and O–H groups in total. The number of ether oxygens (including phenoxy) is 1. The molecule has 1 heterocycles. The number of carbonyl (C=O) groups excluding carboxylic acids is 1. The lowest BCUT2D eigenvalue weighted by atomic mass is 9.98. The Hall–Kier alpha value is -2.83. The van der Waals surface area contributed by atoms with Gasteiger partial charge in [0.1, 0.15) is 12.6 Å². The molecule has 0 aliphatic heterocycles. The Morgan fingerprint density at radius 3 is 2.21 bits per heavy atom. The average molecular weight is 428 g/mol. The highest BCUT2D eigenvalue weighted by Crippen LogP contribution is 2.44. The number of nitrogens with one attached hydrogen (secondary N) is 1. The zero-order valence-corrected chi connectivity index (χ0v) is 16.9. The number of hydrogen-bond acceptors (Lipinski definition) is 4. The highest BCUT2D eigenvalue weighted by Gasteiger charge is 2.29. The fourth-order valence-electron chi connectivity index (χ4n) is 3.65. The van der Waals surface area contributed by atoms with Gasteiger partial charge in [-0.25, -0.2) is 9.59 Å². The molecule has 0 saturated heterocycles. The Labute approximate surface area is 176 Å². The number of carboxylic acid groups (broad SMARTS) is 1. The lowest BCUT2D eigenvalue weighted by Crippen LogP contribution is -2.42. The summed E-state index contributed by atoms with van der Waals surface area (Å²) >= 11 is 7.18. The van der Waals surface area contributed by atoms with Gasteiger partial charge in [0.15, 0.2) is 0 Å². The van der Waals surface area contributed by atoms with E-state index in [4.69, 9.17) is 16.3 Å². The van der Waals surface area contributed by atoms with Crippen LogP contribution in [-0.4, -0.2) is 29.8 Å². The van der Waals surface area contributed by atoms with Gasteiger partial charge < -0.3 is 15.2 Å². The summed E-state index contributed by atoms with van der Waals surface area (Å²) in [6.07, 6.45) is -0.599. The molecule has 0 spiro atoms. The molecule has 1 amide bonds. The van der Waals surface area contributed by atoms with E-state index in [0.29, 0.717) is 4.34 Å². The van der Waals surface area contributed by atoms with Crippen LogP contribution in [0, 0.1) is 0 Å². The molecule has 1 aliphatic rings. The summed E-state index contributed by atoms with van der Waals surface area (Å²) in [5.41, 5.74) is 4.47. The standard InChI is InChI=1S/C22H18ClNO4S/c23-20-10-9-13(29-20)11-19(21(25)26)24-22(27)28-12-18-16-7-3-1-5-14(16)15-6-2-4-8-17(15)18/h1-10,18-19H,11-12H2,(H,24,27)(H,25,26)/t19-/m0/s1. The van der Waals surface area contributed by atoms with E-state index in [1.807, 2.05) is 36.4 Å². The minimum atomic E-state index is -1.12.